The Bertz CT molecular complexity index is 781. The first-order chi connectivity index (χ1) is 9.06. The third kappa shape index (κ3) is 1.79. The Hall–Kier alpha value is -2.57. The summed E-state index contributed by atoms with van der Waals surface area (Å²) in [6.45, 7) is 1.54. The van der Waals surface area contributed by atoms with Crippen LogP contribution in [-0.4, -0.2) is 19.6 Å². The van der Waals surface area contributed by atoms with Gasteiger partial charge in [-0.15, -0.1) is 5.10 Å². The smallest absolute Gasteiger partial charge is 0.238 e. The van der Waals surface area contributed by atoms with E-state index in [2.05, 4.69) is 15.1 Å². The number of aromatic nitrogens is 4. The predicted octanol–water partition coefficient (Wildman–Crippen LogP) is 1.96. The number of hydrogen-bond acceptors (Lipinski definition) is 4. The average Bonchev–Trinajstić information content (AvgIpc) is 2.70. The van der Waals surface area contributed by atoms with E-state index in [1.165, 1.54) is 35.8 Å². The van der Waals surface area contributed by atoms with Crippen LogP contribution in [0.4, 0.5) is 14.7 Å². The first kappa shape index (κ1) is 11.5. The van der Waals surface area contributed by atoms with Gasteiger partial charge in [-0.2, -0.15) is 0 Å². The molecule has 0 unspecified atom stereocenters. The Morgan fingerprint density at radius 1 is 1.21 bits per heavy atom. The first-order valence-electron chi connectivity index (χ1n) is 5.49. The maximum Gasteiger partial charge on any atom is 0.238 e. The molecule has 0 aromatic carbocycles. The Morgan fingerprint density at radius 2 is 2.00 bits per heavy atom. The zero-order valence-electron chi connectivity index (χ0n) is 9.93. The van der Waals surface area contributed by atoms with Crippen molar-refractivity contribution in [3.63, 3.8) is 0 Å². The minimum atomic E-state index is -0.487. The van der Waals surface area contributed by atoms with Crippen LogP contribution < -0.4 is 5.73 Å². The van der Waals surface area contributed by atoms with Crippen LogP contribution in [0.5, 0.6) is 0 Å². The number of nitrogens with zero attached hydrogens (tertiary/aromatic N) is 4. The van der Waals surface area contributed by atoms with E-state index in [9.17, 15) is 8.78 Å². The normalized spacial score (nSPS) is 11.1. The van der Waals surface area contributed by atoms with Gasteiger partial charge in [0.15, 0.2) is 5.82 Å². The van der Waals surface area contributed by atoms with E-state index in [4.69, 9.17) is 5.73 Å². The highest BCUT2D eigenvalue weighted by Gasteiger charge is 2.14. The van der Waals surface area contributed by atoms with Gasteiger partial charge < -0.3 is 5.73 Å². The Morgan fingerprint density at radius 3 is 2.74 bits per heavy atom. The number of halogens is 2. The fourth-order valence-corrected chi connectivity index (χ4v) is 1.83. The zero-order valence-corrected chi connectivity index (χ0v) is 9.93. The molecule has 0 aliphatic rings. The largest absolute Gasteiger partial charge is 0.367 e. The highest BCUT2D eigenvalue weighted by Crippen LogP contribution is 2.23. The van der Waals surface area contributed by atoms with Gasteiger partial charge >= 0.3 is 0 Å². The number of anilines is 1. The molecule has 0 fully saturated rings. The number of rotatable bonds is 1. The molecule has 0 saturated carbocycles. The molecule has 3 aromatic heterocycles. The summed E-state index contributed by atoms with van der Waals surface area (Å²) in [6.07, 6.45) is 1.29. The van der Waals surface area contributed by atoms with Gasteiger partial charge in [0.05, 0.1) is 23.3 Å². The SMILES string of the molecule is Cc1nc(-c2cc(F)c3cnc(N)nn23)ccc1F. The van der Waals surface area contributed by atoms with E-state index in [0.717, 1.165) is 0 Å². The third-order valence-electron chi connectivity index (χ3n) is 2.77. The van der Waals surface area contributed by atoms with Crippen molar-refractivity contribution < 1.29 is 8.78 Å². The Balaban J connectivity index is 2.29. The van der Waals surface area contributed by atoms with Crippen LogP contribution in [0.2, 0.25) is 0 Å². The summed E-state index contributed by atoms with van der Waals surface area (Å²) in [5.74, 6) is -0.888. The lowest BCUT2D eigenvalue weighted by atomic mass is 10.2. The number of fused-ring (bicyclic) bond motifs is 1. The van der Waals surface area contributed by atoms with E-state index in [1.54, 1.807) is 0 Å². The molecule has 3 rings (SSSR count). The summed E-state index contributed by atoms with van der Waals surface area (Å²) in [6, 6.07) is 4.00. The molecule has 0 aliphatic carbocycles. The summed E-state index contributed by atoms with van der Waals surface area (Å²) < 4.78 is 28.3. The summed E-state index contributed by atoms with van der Waals surface area (Å²) in [5, 5.41) is 3.93. The molecule has 7 heteroatoms. The molecule has 0 saturated heterocycles. The average molecular weight is 261 g/mol. The second kappa shape index (κ2) is 3.98. The van der Waals surface area contributed by atoms with Crippen LogP contribution in [-0.2, 0) is 0 Å². The van der Waals surface area contributed by atoms with Gasteiger partial charge in [0, 0.05) is 6.07 Å². The maximum absolute atomic E-state index is 13.8. The number of nitrogen functional groups attached to an aromatic ring is 1. The van der Waals surface area contributed by atoms with Crippen molar-refractivity contribution in [3.8, 4) is 11.4 Å². The fraction of sp³-hybridized carbons (Fsp3) is 0.0833. The molecule has 0 spiro atoms. The van der Waals surface area contributed by atoms with Crippen molar-refractivity contribution in [1.29, 1.82) is 0 Å². The van der Waals surface area contributed by atoms with Gasteiger partial charge in [-0.3, -0.25) is 0 Å². The molecule has 0 atom stereocenters. The lowest BCUT2D eigenvalue weighted by molar-refractivity contribution is 0.610. The first-order valence-corrected chi connectivity index (χ1v) is 5.49. The van der Waals surface area contributed by atoms with Crippen LogP contribution in [0.25, 0.3) is 16.9 Å². The number of hydrogen-bond donors (Lipinski definition) is 1. The van der Waals surface area contributed by atoms with Gasteiger partial charge in [0.25, 0.3) is 0 Å². The fourth-order valence-electron chi connectivity index (χ4n) is 1.83. The van der Waals surface area contributed by atoms with Crippen LogP contribution in [0.3, 0.4) is 0 Å². The summed E-state index contributed by atoms with van der Waals surface area (Å²) >= 11 is 0. The van der Waals surface area contributed by atoms with Gasteiger partial charge in [0.1, 0.15) is 11.3 Å². The van der Waals surface area contributed by atoms with Crippen molar-refractivity contribution in [2.75, 3.05) is 5.73 Å². The monoisotopic (exact) mass is 261 g/mol. The van der Waals surface area contributed by atoms with E-state index in [0.29, 0.717) is 11.4 Å². The second-order valence-corrected chi connectivity index (χ2v) is 4.05. The summed E-state index contributed by atoms with van der Waals surface area (Å²) in [7, 11) is 0. The molecule has 0 radical (unpaired) electrons. The van der Waals surface area contributed by atoms with E-state index < -0.39 is 11.6 Å². The van der Waals surface area contributed by atoms with Crippen LogP contribution >= 0.6 is 0 Å². The minimum absolute atomic E-state index is 0.0168. The summed E-state index contributed by atoms with van der Waals surface area (Å²) in [4.78, 5) is 7.80. The Kier molecular flexibility index (Phi) is 2.41. The topological polar surface area (TPSA) is 69.1 Å². The van der Waals surface area contributed by atoms with Crippen molar-refractivity contribution in [1.82, 2.24) is 19.6 Å². The zero-order chi connectivity index (χ0) is 13.6. The van der Waals surface area contributed by atoms with Crippen molar-refractivity contribution in [2.45, 2.75) is 6.92 Å². The molecule has 19 heavy (non-hydrogen) atoms. The molecular formula is C12H9F2N5. The lowest BCUT2D eigenvalue weighted by Gasteiger charge is -2.03. The van der Waals surface area contributed by atoms with Crippen LogP contribution in [0.1, 0.15) is 5.69 Å². The summed E-state index contributed by atoms with van der Waals surface area (Å²) in [5.41, 5.74) is 6.71. The standard InChI is InChI=1S/C12H9F2N5/c1-6-7(13)2-3-9(17-6)10-4-8(14)11-5-16-12(15)18-19(10)11/h2-5H,1H3,(H2,15,18). The van der Waals surface area contributed by atoms with Gasteiger partial charge in [-0.1, -0.05) is 0 Å². The number of aryl methyl sites for hydroxylation is 1. The molecule has 3 aromatic rings. The molecule has 0 bridgehead atoms. The molecule has 0 amide bonds. The lowest BCUT2D eigenvalue weighted by Crippen LogP contribution is -2.02. The molecule has 0 aliphatic heterocycles. The van der Waals surface area contributed by atoms with E-state index in [-0.39, 0.29) is 17.2 Å². The molecule has 3 heterocycles. The van der Waals surface area contributed by atoms with E-state index in [1.807, 2.05) is 0 Å². The van der Waals surface area contributed by atoms with Crippen LogP contribution in [0, 0.1) is 18.6 Å². The molecule has 96 valence electrons. The quantitative estimate of drug-likeness (QED) is 0.727. The van der Waals surface area contributed by atoms with Gasteiger partial charge in [-0.25, -0.2) is 23.3 Å². The van der Waals surface area contributed by atoms with Crippen LogP contribution in [0.15, 0.2) is 24.4 Å². The molecular weight excluding hydrogens is 252 g/mol. The molecule has 2 N–H and O–H groups in total. The molecule has 5 nitrogen and oxygen atoms in total. The highest BCUT2D eigenvalue weighted by molar-refractivity contribution is 5.64. The Labute approximate surface area is 106 Å². The third-order valence-corrected chi connectivity index (χ3v) is 2.77. The van der Waals surface area contributed by atoms with Gasteiger partial charge in [-0.05, 0) is 19.1 Å². The van der Waals surface area contributed by atoms with Crippen molar-refractivity contribution in [2.24, 2.45) is 0 Å². The highest BCUT2D eigenvalue weighted by atomic mass is 19.1. The number of nitrogens with two attached hydrogens (primary N) is 1. The second-order valence-electron chi connectivity index (χ2n) is 4.05. The maximum atomic E-state index is 13.8. The van der Waals surface area contributed by atoms with Gasteiger partial charge in [0.2, 0.25) is 5.95 Å². The predicted molar refractivity (Wildman–Crippen MR) is 65.3 cm³/mol. The van der Waals surface area contributed by atoms with Crippen molar-refractivity contribution in [3.05, 3.63) is 41.7 Å². The minimum Gasteiger partial charge on any atom is -0.367 e. The van der Waals surface area contributed by atoms with E-state index >= 15 is 0 Å². The van der Waals surface area contributed by atoms with Crippen molar-refractivity contribution >= 4 is 11.5 Å². The number of pyridine rings is 1.